The van der Waals surface area contributed by atoms with Gasteiger partial charge in [0.2, 0.25) is 6.43 Å². The van der Waals surface area contributed by atoms with E-state index in [-0.39, 0.29) is 12.5 Å². The minimum Gasteiger partial charge on any atom is -0.385 e. The summed E-state index contributed by atoms with van der Waals surface area (Å²) in [5.74, 6) is 0. The van der Waals surface area contributed by atoms with Gasteiger partial charge in [0, 0.05) is 17.5 Å². The Labute approximate surface area is 87.1 Å². The third-order valence-corrected chi connectivity index (χ3v) is 2.36. The average Bonchev–Trinajstić information content (AvgIpc) is 2.10. The van der Waals surface area contributed by atoms with Gasteiger partial charge in [-0.25, -0.2) is 8.78 Å². The van der Waals surface area contributed by atoms with Crippen LogP contribution < -0.4 is 5.32 Å². The lowest BCUT2D eigenvalue weighted by Gasteiger charge is -2.19. The lowest BCUT2D eigenvalue weighted by molar-refractivity contribution is 0.149. The zero-order chi connectivity index (χ0) is 10.6. The predicted molar refractivity (Wildman–Crippen MR) is 54.4 cm³/mol. The van der Waals surface area contributed by atoms with E-state index in [2.05, 4.69) is 11.9 Å². The van der Waals surface area contributed by atoms with Crippen LogP contribution in [0.3, 0.4) is 0 Å². The molecule has 0 aromatic heterocycles. The molecule has 1 nitrogen and oxygen atoms in total. The van der Waals surface area contributed by atoms with Gasteiger partial charge in [-0.3, -0.25) is 0 Å². The number of hydrogen-bond donors (Lipinski definition) is 1. The molecule has 0 fully saturated rings. The van der Waals surface area contributed by atoms with Crippen molar-refractivity contribution in [2.75, 3.05) is 0 Å². The van der Waals surface area contributed by atoms with Crippen LogP contribution in [0.2, 0.25) is 0 Å². The number of halogens is 3. The minimum absolute atomic E-state index is 0.0312. The Balaban J connectivity index is 2.67. The standard InChI is InChI=1S/C10H12ClF2N/c1-2-14-8-3-4-9(11)7(5-8)6-10(12)13/h2,4-5,8,10,14H,1,3,6H2. The van der Waals surface area contributed by atoms with Crippen LogP contribution in [0.15, 0.2) is 35.5 Å². The van der Waals surface area contributed by atoms with Gasteiger partial charge in [-0.2, -0.15) is 0 Å². The van der Waals surface area contributed by atoms with Crippen LogP contribution in [-0.4, -0.2) is 12.5 Å². The molecule has 0 radical (unpaired) electrons. The van der Waals surface area contributed by atoms with Gasteiger partial charge in [-0.1, -0.05) is 30.3 Å². The molecule has 0 aromatic rings. The van der Waals surface area contributed by atoms with Crippen molar-refractivity contribution in [1.82, 2.24) is 5.32 Å². The smallest absolute Gasteiger partial charge is 0.242 e. The second-order valence-electron chi connectivity index (χ2n) is 3.05. The van der Waals surface area contributed by atoms with Crippen LogP contribution in [0.4, 0.5) is 8.78 Å². The van der Waals surface area contributed by atoms with Crippen molar-refractivity contribution in [3.63, 3.8) is 0 Å². The topological polar surface area (TPSA) is 12.0 Å². The Kier molecular flexibility index (Phi) is 4.14. The highest BCUT2D eigenvalue weighted by molar-refractivity contribution is 6.32. The number of allylic oxidation sites excluding steroid dienone is 2. The summed E-state index contributed by atoms with van der Waals surface area (Å²) in [6, 6.07) is 0.0312. The molecule has 0 bridgehead atoms. The number of rotatable bonds is 4. The van der Waals surface area contributed by atoms with Gasteiger partial charge in [-0.15, -0.1) is 0 Å². The summed E-state index contributed by atoms with van der Waals surface area (Å²) in [6.45, 7) is 3.52. The average molecular weight is 220 g/mol. The summed E-state index contributed by atoms with van der Waals surface area (Å²) in [7, 11) is 0. The fourth-order valence-corrected chi connectivity index (χ4v) is 1.58. The summed E-state index contributed by atoms with van der Waals surface area (Å²) in [5.41, 5.74) is 0.507. The van der Waals surface area contributed by atoms with Crippen molar-refractivity contribution in [3.05, 3.63) is 35.5 Å². The van der Waals surface area contributed by atoms with Gasteiger partial charge in [0.05, 0.1) is 0 Å². The van der Waals surface area contributed by atoms with Crippen LogP contribution in [-0.2, 0) is 0 Å². The van der Waals surface area contributed by atoms with Crippen LogP contribution in [0, 0.1) is 0 Å². The Hall–Kier alpha value is -0.830. The van der Waals surface area contributed by atoms with E-state index in [1.807, 2.05) is 0 Å². The van der Waals surface area contributed by atoms with Crippen molar-refractivity contribution in [2.45, 2.75) is 25.3 Å². The first-order valence-corrected chi connectivity index (χ1v) is 4.73. The van der Waals surface area contributed by atoms with E-state index in [1.165, 1.54) is 0 Å². The highest BCUT2D eigenvalue weighted by Gasteiger charge is 2.16. The van der Waals surface area contributed by atoms with Crippen molar-refractivity contribution in [2.24, 2.45) is 0 Å². The molecule has 4 heteroatoms. The van der Waals surface area contributed by atoms with E-state index in [0.29, 0.717) is 17.0 Å². The Morgan fingerprint density at radius 3 is 3.00 bits per heavy atom. The normalized spacial score (nSPS) is 21.6. The molecule has 0 aromatic carbocycles. The third-order valence-electron chi connectivity index (χ3n) is 1.97. The fourth-order valence-electron chi connectivity index (χ4n) is 1.35. The number of hydrogen-bond acceptors (Lipinski definition) is 1. The highest BCUT2D eigenvalue weighted by atomic mass is 35.5. The maximum absolute atomic E-state index is 12.1. The second-order valence-corrected chi connectivity index (χ2v) is 3.46. The van der Waals surface area contributed by atoms with Crippen LogP contribution >= 0.6 is 11.6 Å². The van der Waals surface area contributed by atoms with Crippen molar-refractivity contribution < 1.29 is 8.78 Å². The summed E-state index contributed by atoms with van der Waals surface area (Å²) in [5, 5.41) is 3.39. The highest BCUT2D eigenvalue weighted by Crippen LogP contribution is 2.27. The second kappa shape index (κ2) is 5.15. The predicted octanol–water partition coefficient (Wildman–Crippen LogP) is 3.20. The quantitative estimate of drug-likeness (QED) is 0.766. The molecule has 1 N–H and O–H groups in total. The molecular formula is C10H12ClF2N. The molecule has 0 amide bonds. The first kappa shape index (κ1) is 11.2. The van der Waals surface area contributed by atoms with Crippen molar-refractivity contribution >= 4 is 11.6 Å². The van der Waals surface area contributed by atoms with E-state index in [1.54, 1.807) is 18.4 Å². The zero-order valence-corrected chi connectivity index (χ0v) is 8.40. The number of alkyl halides is 2. The summed E-state index contributed by atoms with van der Waals surface area (Å²) in [4.78, 5) is 0. The van der Waals surface area contributed by atoms with Gasteiger partial charge in [-0.05, 0) is 18.2 Å². The Bertz CT molecular complexity index is 271. The van der Waals surface area contributed by atoms with Gasteiger partial charge >= 0.3 is 0 Å². The molecule has 14 heavy (non-hydrogen) atoms. The zero-order valence-electron chi connectivity index (χ0n) is 7.64. The van der Waals surface area contributed by atoms with E-state index in [9.17, 15) is 8.78 Å². The van der Waals surface area contributed by atoms with Crippen molar-refractivity contribution in [1.29, 1.82) is 0 Å². The van der Waals surface area contributed by atoms with Gasteiger partial charge in [0.15, 0.2) is 0 Å². The SMILES string of the molecule is C=CNC1C=C(CC(F)F)C(Cl)=CC1. The largest absolute Gasteiger partial charge is 0.385 e. The molecule has 1 atom stereocenters. The lowest BCUT2D eigenvalue weighted by atomic mass is 10.0. The minimum atomic E-state index is -2.36. The lowest BCUT2D eigenvalue weighted by Crippen LogP contribution is -2.23. The Morgan fingerprint density at radius 1 is 1.71 bits per heavy atom. The van der Waals surface area contributed by atoms with E-state index >= 15 is 0 Å². The van der Waals surface area contributed by atoms with Gasteiger partial charge in [0.25, 0.3) is 0 Å². The third kappa shape index (κ3) is 3.14. The van der Waals surface area contributed by atoms with Gasteiger partial charge < -0.3 is 5.32 Å². The molecule has 1 rings (SSSR count). The molecule has 0 spiro atoms. The maximum atomic E-state index is 12.1. The summed E-state index contributed by atoms with van der Waals surface area (Å²) >= 11 is 5.80. The van der Waals surface area contributed by atoms with Gasteiger partial charge in [0.1, 0.15) is 0 Å². The molecule has 0 aliphatic heterocycles. The molecule has 0 saturated carbocycles. The van der Waals surface area contributed by atoms with Crippen LogP contribution in [0.25, 0.3) is 0 Å². The fraction of sp³-hybridized carbons (Fsp3) is 0.400. The van der Waals surface area contributed by atoms with Crippen LogP contribution in [0.1, 0.15) is 12.8 Å². The van der Waals surface area contributed by atoms with E-state index in [0.717, 1.165) is 0 Å². The molecule has 0 saturated heterocycles. The summed E-state index contributed by atoms with van der Waals surface area (Å²) in [6.07, 6.45) is 3.10. The molecule has 0 heterocycles. The monoisotopic (exact) mass is 219 g/mol. The first-order chi connectivity index (χ1) is 6.63. The molecule has 1 aliphatic carbocycles. The summed E-state index contributed by atoms with van der Waals surface area (Å²) < 4.78 is 24.3. The molecule has 1 aliphatic rings. The maximum Gasteiger partial charge on any atom is 0.242 e. The Morgan fingerprint density at radius 2 is 2.43 bits per heavy atom. The van der Waals surface area contributed by atoms with E-state index < -0.39 is 6.43 Å². The first-order valence-electron chi connectivity index (χ1n) is 4.35. The number of nitrogens with one attached hydrogen (secondary N) is 1. The molecule has 1 unspecified atom stereocenters. The van der Waals surface area contributed by atoms with Crippen molar-refractivity contribution in [3.8, 4) is 0 Å². The molecule has 78 valence electrons. The van der Waals surface area contributed by atoms with Crippen LogP contribution in [0.5, 0.6) is 0 Å². The molecular weight excluding hydrogens is 208 g/mol. The van der Waals surface area contributed by atoms with E-state index in [4.69, 9.17) is 11.6 Å².